The van der Waals surface area contributed by atoms with Crippen molar-refractivity contribution >= 4 is 0 Å². The summed E-state index contributed by atoms with van der Waals surface area (Å²) >= 11 is 0. The second-order valence-corrected chi connectivity index (χ2v) is 12.1. The van der Waals surface area contributed by atoms with Gasteiger partial charge in [-0.3, -0.25) is 9.98 Å². The van der Waals surface area contributed by atoms with Gasteiger partial charge in [-0.25, -0.2) is 0 Å². The van der Waals surface area contributed by atoms with E-state index < -0.39 is 0 Å². The van der Waals surface area contributed by atoms with E-state index in [4.69, 9.17) is 9.98 Å². The fraction of sp³-hybridized carbons (Fsp3) is 0.730. The van der Waals surface area contributed by atoms with Crippen LogP contribution in [0.3, 0.4) is 0 Å². The van der Waals surface area contributed by atoms with Gasteiger partial charge >= 0.3 is 0 Å². The summed E-state index contributed by atoms with van der Waals surface area (Å²) in [6.45, 7) is 8.74. The average Bonchev–Trinajstić information content (AvgIpc) is 3.00. The first-order chi connectivity index (χ1) is 20.3. The molecule has 2 aromatic rings. The second kappa shape index (κ2) is 25.6. The molecule has 4 nitrogen and oxygen atoms in total. The molecule has 0 radical (unpaired) electrons. The van der Waals surface area contributed by atoms with Crippen molar-refractivity contribution in [1.29, 1.82) is 0 Å². The fourth-order valence-electron chi connectivity index (χ4n) is 5.43. The van der Waals surface area contributed by atoms with Crippen molar-refractivity contribution in [2.45, 2.75) is 162 Å². The smallest absolute Gasteiger partial charge is 0.0603 e. The maximum Gasteiger partial charge on any atom is 0.0603 e. The van der Waals surface area contributed by atoms with Crippen molar-refractivity contribution in [3.63, 3.8) is 0 Å². The molecular formula is C37H64N4. The number of unbranched alkanes of at least 4 members (excludes halogenated alkanes) is 18. The molecule has 0 saturated heterocycles. The fourth-order valence-corrected chi connectivity index (χ4v) is 5.43. The molecule has 41 heavy (non-hydrogen) atoms. The molecule has 2 heterocycles. The molecule has 2 rings (SSSR count). The molecule has 232 valence electrons. The molecule has 0 fully saturated rings. The van der Waals surface area contributed by atoms with Gasteiger partial charge in [0.05, 0.1) is 10.7 Å². The Labute approximate surface area is 253 Å². The van der Waals surface area contributed by atoms with Gasteiger partial charge in [0.1, 0.15) is 0 Å². The normalized spacial score (nSPS) is 11.2. The number of rotatable bonds is 26. The first-order valence-electron chi connectivity index (χ1n) is 17.6. The van der Waals surface area contributed by atoms with Gasteiger partial charge in [0.25, 0.3) is 0 Å². The van der Waals surface area contributed by atoms with E-state index >= 15 is 0 Å². The third-order valence-corrected chi connectivity index (χ3v) is 8.19. The Morgan fingerprint density at radius 2 is 0.683 bits per heavy atom. The van der Waals surface area contributed by atoms with Crippen LogP contribution in [-0.4, -0.2) is 22.2 Å². The number of hydrogen-bond acceptors (Lipinski definition) is 2. The predicted molar refractivity (Wildman–Crippen MR) is 178 cm³/mol. The van der Waals surface area contributed by atoms with Crippen molar-refractivity contribution in [2.75, 3.05) is 13.1 Å². The second-order valence-electron chi connectivity index (χ2n) is 12.1. The lowest BCUT2D eigenvalue weighted by atomic mass is 10.1. The summed E-state index contributed by atoms with van der Waals surface area (Å²) in [6, 6.07) is 8.72. The molecule has 0 atom stereocenters. The first-order valence-corrected chi connectivity index (χ1v) is 17.6. The van der Waals surface area contributed by atoms with Gasteiger partial charge in [-0.1, -0.05) is 123 Å². The Hall–Kier alpha value is -2.10. The standard InChI is InChI=1S/C37H64N4/c1-3-5-7-9-12-16-20-28-38-36-24-32-40(33-25-36)30-22-18-14-11-15-19-23-31-41-34-26-37(27-35-41)39-29-21-17-13-10-8-6-4-2/h24-27,32-35H,3-23,28-31H2,1-2H3. The van der Waals surface area contributed by atoms with Crippen molar-refractivity contribution < 1.29 is 0 Å². The molecule has 2 aromatic heterocycles. The summed E-state index contributed by atoms with van der Waals surface area (Å²) in [7, 11) is 0. The van der Waals surface area contributed by atoms with E-state index in [1.165, 1.54) is 135 Å². The van der Waals surface area contributed by atoms with E-state index in [2.05, 4.69) is 72.0 Å². The number of aryl methyl sites for hydroxylation is 2. The molecule has 4 heteroatoms. The third kappa shape index (κ3) is 19.6. The van der Waals surface area contributed by atoms with E-state index in [1.807, 2.05) is 0 Å². The van der Waals surface area contributed by atoms with E-state index in [0.29, 0.717) is 0 Å². The maximum atomic E-state index is 4.76. The Morgan fingerprint density at radius 1 is 0.390 bits per heavy atom. The van der Waals surface area contributed by atoms with Crippen LogP contribution in [0.1, 0.15) is 149 Å². The van der Waals surface area contributed by atoms with Crippen molar-refractivity contribution in [2.24, 2.45) is 9.98 Å². The minimum absolute atomic E-state index is 0.971. The lowest BCUT2D eigenvalue weighted by Crippen LogP contribution is -2.07. The predicted octanol–water partition coefficient (Wildman–Crippen LogP) is 10.0. The van der Waals surface area contributed by atoms with Crippen LogP contribution in [0.2, 0.25) is 0 Å². The highest BCUT2D eigenvalue weighted by Gasteiger charge is 1.96. The number of nitrogens with zero attached hydrogens (tertiary/aromatic N) is 4. The van der Waals surface area contributed by atoms with E-state index in [-0.39, 0.29) is 0 Å². The van der Waals surface area contributed by atoms with Gasteiger partial charge in [0, 0.05) is 51.0 Å². The summed E-state index contributed by atoms with van der Waals surface area (Å²) in [5.41, 5.74) is 0. The highest BCUT2D eigenvalue weighted by molar-refractivity contribution is 4.94. The zero-order valence-electron chi connectivity index (χ0n) is 27.1. The zero-order valence-corrected chi connectivity index (χ0v) is 27.1. The molecule has 0 aliphatic rings. The molecule has 0 aromatic carbocycles. The number of aromatic nitrogens is 2. The summed E-state index contributed by atoms with van der Waals surface area (Å²) in [6.07, 6.45) is 37.0. The molecule has 0 bridgehead atoms. The molecule has 0 amide bonds. The third-order valence-electron chi connectivity index (χ3n) is 8.19. The van der Waals surface area contributed by atoms with Crippen LogP contribution in [0.5, 0.6) is 0 Å². The summed E-state index contributed by atoms with van der Waals surface area (Å²) in [5.74, 6) is 0. The molecular weight excluding hydrogens is 500 g/mol. The van der Waals surface area contributed by atoms with Gasteiger partial charge < -0.3 is 9.13 Å². The van der Waals surface area contributed by atoms with Crippen molar-refractivity contribution in [3.8, 4) is 0 Å². The van der Waals surface area contributed by atoms with Crippen LogP contribution in [0.15, 0.2) is 59.0 Å². The first kappa shape index (κ1) is 35.1. The van der Waals surface area contributed by atoms with Gasteiger partial charge in [0.15, 0.2) is 0 Å². The van der Waals surface area contributed by atoms with Crippen LogP contribution in [-0.2, 0) is 13.1 Å². The van der Waals surface area contributed by atoms with E-state index in [9.17, 15) is 0 Å². The average molecular weight is 565 g/mol. The van der Waals surface area contributed by atoms with Gasteiger partial charge in [-0.15, -0.1) is 0 Å². The SMILES string of the molecule is CCCCCCCCCN=c1ccn(CCCCCCCCCn2ccc(=NCCCCCCCCC)cc2)cc1. The van der Waals surface area contributed by atoms with Crippen molar-refractivity contribution in [1.82, 2.24) is 9.13 Å². The maximum absolute atomic E-state index is 4.76. The van der Waals surface area contributed by atoms with Crippen LogP contribution < -0.4 is 10.7 Å². The van der Waals surface area contributed by atoms with Gasteiger partial charge in [-0.2, -0.15) is 0 Å². The minimum Gasteiger partial charge on any atom is -0.354 e. The summed E-state index contributed by atoms with van der Waals surface area (Å²) < 4.78 is 4.64. The lowest BCUT2D eigenvalue weighted by molar-refractivity contribution is 0.527. The number of hydrogen-bond donors (Lipinski definition) is 0. The highest BCUT2D eigenvalue weighted by Crippen LogP contribution is 2.10. The monoisotopic (exact) mass is 565 g/mol. The summed E-state index contributed by atoms with van der Waals surface area (Å²) in [4.78, 5) is 9.51. The number of pyridine rings is 2. The lowest BCUT2D eigenvalue weighted by Gasteiger charge is -2.07. The molecule has 0 spiro atoms. The van der Waals surface area contributed by atoms with Crippen LogP contribution in [0, 0.1) is 0 Å². The Bertz CT molecular complexity index is 866. The largest absolute Gasteiger partial charge is 0.354 e. The minimum atomic E-state index is 0.971. The van der Waals surface area contributed by atoms with Crippen LogP contribution in [0.4, 0.5) is 0 Å². The van der Waals surface area contributed by atoms with Gasteiger partial charge in [-0.05, 0) is 49.9 Å². The zero-order chi connectivity index (χ0) is 29.1. The van der Waals surface area contributed by atoms with E-state index in [1.54, 1.807) is 0 Å². The van der Waals surface area contributed by atoms with Crippen LogP contribution in [0.25, 0.3) is 0 Å². The molecule has 0 unspecified atom stereocenters. The van der Waals surface area contributed by atoms with E-state index in [0.717, 1.165) is 36.9 Å². The Balaban J connectivity index is 1.43. The molecule has 0 aliphatic heterocycles. The molecule has 0 saturated carbocycles. The molecule has 0 aliphatic carbocycles. The molecule has 0 N–H and O–H groups in total. The topological polar surface area (TPSA) is 34.6 Å². The Morgan fingerprint density at radius 3 is 1.02 bits per heavy atom. The highest BCUT2D eigenvalue weighted by atomic mass is 14.9. The van der Waals surface area contributed by atoms with Crippen molar-refractivity contribution in [3.05, 3.63) is 59.8 Å². The quantitative estimate of drug-likeness (QED) is 0.102. The van der Waals surface area contributed by atoms with Crippen LogP contribution >= 0.6 is 0 Å². The summed E-state index contributed by atoms with van der Waals surface area (Å²) in [5, 5.41) is 2.27. The Kier molecular flexibility index (Phi) is 21.9. The van der Waals surface area contributed by atoms with Gasteiger partial charge in [0.2, 0.25) is 0 Å².